The molecule has 7 nitrogen and oxygen atoms in total. The highest BCUT2D eigenvalue weighted by molar-refractivity contribution is 5.94. The molecule has 1 saturated carbocycles. The Bertz CT molecular complexity index is 793. The van der Waals surface area contributed by atoms with Crippen LogP contribution in [0.3, 0.4) is 0 Å². The first kappa shape index (κ1) is 19.2. The van der Waals surface area contributed by atoms with Crippen molar-refractivity contribution in [3.63, 3.8) is 0 Å². The van der Waals surface area contributed by atoms with Crippen LogP contribution in [-0.2, 0) is 11.8 Å². The predicted molar refractivity (Wildman–Crippen MR) is 106 cm³/mol. The van der Waals surface area contributed by atoms with Gasteiger partial charge in [-0.3, -0.25) is 19.3 Å². The minimum atomic E-state index is -0.162. The van der Waals surface area contributed by atoms with E-state index < -0.39 is 0 Å². The molecule has 3 heterocycles. The Morgan fingerprint density at radius 2 is 1.82 bits per heavy atom. The monoisotopic (exact) mass is 386 g/mol. The van der Waals surface area contributed by atoms with Crippen LogP contribution in [0.15, 0.2) is 23.1 Å². The predicted octanol–water partition coefficient (Wildman–Crippen LogP) is 0.981. The molecule has 28 heavy (non-hydrogen) atoms. The highest BCUT2D eigenvalue weighted by Gasteiger charge is 2.34. The molecule has 2 saturated heterocycles. The third kappa shape index (κ3) is 4.29. The Balaban J connectivity index is 1.30. The lowest BCUT2D eigenvalue weighted by Gasteiger charge is -2.42. The van der Waals surface area contributed by atoms with Gasteiger partial charge in [0.25, 0.3) is 11.5 Å². The van der Waals surface area contributed by atoms with Crippen molar-refractivity contribution in [3.05, 3.63) is 34.2 Å². The Morgan fingerprint density at radius 3 is 2.50 bits per heavy atom. The van der Waals surface area contributed by atoms with Crippen molar-refractivity contribution < 1.29 is 9.59 Å². The minimum Gasteiger partial charge on any atom is -0.353 e. The van der Waals surface area contributed by atoms with Gasteiger partial charge in [-0.1, -0.05) is 0 Å². The van der Waals surface area contributed by atoms with Gasteiger partial charge in [0.15, 0.2) is 0 Å². The highest BCUT2D eigenvalue weighted by Crippen LogP contribution is 2.26. The maximum absolute atomic E-state index is 12.7. The van der Waals surface area contributed by atoms with E-state index in [0.29, 0.717) is 30.7 Å². The van der Waals surface area contributed by atoms with Crippen molar-refractivity contribution >= 4 is 11.8 Å². The third-order valence-corrected chi connectivity index (χ3v) is 6.37. The molecule has 1 aliphatic carbocycles. The topological polar surface area (TPSA) is 74.7 Å². The number of aromatic nitrogens is 1. The quantitative estimate of drug-likeness (QED) is 0.837. The summed E-state index contributed by atoms with van der Waals surface area (Å²) >= 11 is 0. The number of aryl methyl sites for hydroxylation is 1. The molecular weight excluding hydrogens is 356 g/mol. The lowest BCUT2D eigenvalue weighted by atomic mass is 9.93. The first-order chi connectivity index (χ1) is 13.5. The zero-order chi connectivity index (χ0) is 19.7. The molecule has 7 heteroatoms. The van der Waals surface area contributed by atoms with Crippen LogP contribution >= 0.6 is 0 Å². The van der Waals surface area contributed by atoms with Gasteiger partial charge in [-0.05, 0) is 51.1 Å². The van der Waals surface area contributed by atoms with Crippen LogP contribution in [0.2, 0.25) is 0 Å². The fraction of sp³-hybridized carbons (Fsp3) is 0.667. The Hall–Kier alpha value is -2.15. The number of pyridine rings is 1. The summed E-state index contributed by atoms with van der Waals surface area (Å²) in [5.41, 5.74) is 0.306. The number of hydrogen-bond acceptors (Lipinski definition) is 4. The molecule has 4 rings (SSSR count). The van der Waals surface area contributed by atoms with Crippen molar-refractivity contribution in [2.75, 3.05) is 26.2 Å². The van der Waals surface area contributed by atoms with E-state index in [2.05, 4.69) is 10.2 Å². The SMILES string of the molecule is Cn1ccc(C(=O)N2CCC(N3CCC[C@@H](C(=O)NC4CC4)C3)CC2)cc1=O. The van der Waals surface area contributed by atoms with Crippen molar-refractivity contribution in [1.29, 1.82) is 0 Å². The minimum absolute atomic E-state index is 0.0588. The summed E-state index contributed by atoms with van der Waals surface area (Å²) in [7, 11) is 1.68. The number of likely N-dealkylation sites (tertiary alicyclic amines) is 2. The van der Waals surface area contributed by atoms with Gasteiger partial charge in [0.05, 0.1) is 5.92 Å². The summed E-state index contributed by atoms with van der Waals surface area (Å²) in [5.74, 6) is 0.275. The van der Waals surface area contributed by atoms with Crippen molar-refractivity contribution in [3.8, 4) is 0 Å². The highest BCUT2D eigenvalue weighted by atomic mass is 16.2. The molecule has 0 bridgehead atoms. The smallest absolute Gasteiger partial charge is 0.254 e. The normalized spacial score (nSPS) is 24.2. The largest absolute Gasteiger partial charge is 0.353 e. The molecule has 3 fully saturated rings. The summed E-state index contributed by atoms with van der Waals surface area (Å²) in [6.45, 7) is 3.29. The lowest BCUT2D eigenvalue weighted by molar-refractivity contribution is -0.127. The molecule has 1 N–H and O–H groups in total. The molecular formula is C21H30N4O3. The van der Waals surface area contributed by atoms with Gasteiger partial charge >= 0.3 is 0 Å². The molecule has 0 radical (unpaired) electrons. The third-order valence-electron chi connectivity index (χ3n) is 6.37. The van der Waals surface area contributed by atoms with Crippen LogP contribution in [0.5, 0.6) is 0 Å². The van der Waals surface area contributed by atoms with E-state index in [1.54, 1.807) is 19.3 Å². The Morgan fingerprint density at radius 1 is 1.07 bits per heavy atom. The van der Waals surface area contributed by atoms with Gasteiger partial charge in [0.2, 0.25) is 5.91 Å². The number of piperidine rings is 2. The molecule has 1 aromatic rings. The molecule has 0 aromatic carbocycles. The standard InChI is InChI=1S/C21H30N4O3/c1-23-10-6-15(13-19(23)26)21(28)24-11-7-18(8-12-24)25-9-2-3-16(14-25)20(27)22-17-4-5-17/h6,10,13,16-18H,2-5,7-9,11-12,14H2,1H3,(H,22,27)/t16-/m1/s1. The summed E-state index contributed by atoms with van der Waals surface area (Å²) in [6.07, 6.45) is 7.79. The van der Waals surface area contributed by atoms with Gasteiger partial charge in [-0.15, -0.1) is 0 Å². The Labute approximate surface area is 165 Å². The van der Waals surface area contributed by atoms with E-state index in [1.807, 2.05) is 4.90 Å². The molecule has 2 amide bonds. The maximum Gasteiger partial charge on any atom is 0.254 e. The number of rotatable bonds is 4. The van der Waals surface area contributed by atoms with E-state index >= 15 is 0 Å². The number of hydrogen-bond donors (Lipinski definition) is 1. The van der Waals surface area contributed by atoms with E-state index in [-0.39, 0.29) is 23.3 Å². The van der Waals surface area contributed by atoms with Crippen LogP contribution < -0.4 is 10.9 Å². The van der Waals surface area contributed by atoms with Gasteiger partial charge in [0, 0.05) is 56.6 Å². The van der Waals surface area contributed by atoms with Crippen LogP contribution in [0.1, 0.15) is 48.9 Å². The zero-order valence-corrected chi connectivity index (χ0v) is 16.6. The average Bonchev–Trinajstić information content (AvgIpc) is 3.54. The van der Waals surface area contributed by atoms with Crippen molar-refractivity contribution in [1.82, 2.24) is 19.7 Å². The Kier molecular flexibility index (Phi) is 5.53. The van der Waals surface area contributed by atoms with E-state index in [9.17, 15) is 14.4 Å². The second-order valence-electron chi connectivity index (χ2n) is 8.50. The zero-order valence-electron chi connectivity index (χ0n) is 16.6. The lowest BCUT2D eigenvalue weighted by Crippen LogP contribution is -2.51. The summed E-state index contributed by atoms with van der Waals surface area (Å²) < 4.78 is 1.47. The van der Waals surface area contributed by atoms with E-state index in [0.717, 1.165) is 51.6 Å². The fourth-order valence-corrected chi connectivity index (χ4v) is 4.40. The van der Waals surface area contributed by atoms with Crippen molar-refractivity contribution in [2.24, 2.45) is 13.0 Å². The number of carbonyl (C=O) groups excluding carboxylic acids is 2. The van der Waals surface area contributed by atoms with Crippen LogP contribution in [-0.4, -0.2) is 64.4 Å². The molecule has 0 spiro atoms. The van der Waals surface area contributed by atoms with E-state index in [1.165, 1.54) is 10.6 Å². The van der Waals surface area contributed by atoms with Crippen LogP contribution in [0, 0.1) is 5.92 Å². The second kappa shape index (κ2) is 8.07. The molecule has 152 valence electrons. The fourth-order valence-electron chi connectivity index (χ4n) is 4.40. The average molecular weight is 386 g/mol. The molecule has 3 aliphatic rings. The summed E-state index contributed by atoms with van der Waals surface area (Å²) in [4.78, 5) is 41.2. The van der Waals surface area contributed by atoms with Crippen molar-refractivity contribution in [2.45, 2.75) is 50.6 Å². The molecule has 1 aromatic heterocycles. The molecule has 0 unspecified atom stereocenters. The first-order valence-corrected chi connectivity index (χ1v) is 10.5. The number of amides is 2. The first-order valence-electron chi connectivity index (χ1n) is 10.5. The van der Waals surface area contributed by atoms with Gasteiger partial charge in [-0.25, -0.2) is 0 Å². The number of nitrogens with one attached hydrogen (secondary N) is 1. The molecule has 2 aliphatic heterocycles. The van der Waals surface area contributed by atoms with Crippen LogP contribution in [0.25, 0.3) is 0 Å². The van der Waals surface area contributed by atoms with Gasteiger partial charge in [-0.2, -0.15) is 0 Å². The number of carbonyl (C=O) groups is 2. The van der Waals surface area contributed by atoms with E-state index in [4.69, 9.17) is 0 Å². The van der Waals surface area contributed by atoms with Gasteiger partial charge in [0.1, 0.15) is 0 Å². The van der Waals surface area contributed by atoms with Gasteiger partial charge < -0.3 is 14.8 Å². The maximum atomic E-state index is 12.7. The molecule has 1 atom stereocenters. The number of nitrogens with zero attached hydrogens (tertiary/aromatic N) is 3. The summed E-state index contributed by atoms with van der Waals surface area (Å²) in [6, 6.07) is 3.99. The second-order valence-corrected chi connectivity index (χ2v) is 8.50. The van der Waals surface area contributed by atoms with Crippen LogP contribution in [0.4, 0.5) is 0 Å². The summed E-state index contributed by atoms with van der Waals surface area (Å²) in [5, 5.41) is 3.15.